The predicted octanol–water partition coefficient (Wildman–Crippen LogP) is 5.76. The van der Waals surface area contributed by atoms with E-state index in [0.29, 0.717) is 0 Å². The summed E-state index contributed by atoms with van der Waals surface area (Å²) in [6.45, 7) is 0. The van der Waals surface area contributed by atoms with Crippen LogP contribution in [0.2, 0.25) is 0 Å². The summed E-state index contributed by atoms with van der Waals surface area (Å²) >= 11 is 1.70. The molecule has 118 valence electrons. The second-order valence-electron chi connectivity index (χ2n) is 6.02. The van der Waals surface area contributed by atoms with E-state index in [-0.39, 0.29) is 12.2 Å². The standard InChI is InChI=1S/C19H19NO2S/c21-19(22-14-8-2-1-3-9-14)20-15-10-4-6-12-17(15)23-18-13-7-5-11-16(18)20/h4-7,10-14H,1-3,8-9H2. The SMILES string of the molecule is O=C(OC1CCCCC1)N1c2ccccc2Sc2ccccc21. The van der Waals surface area contributed by atoms with Crippen molar-refractivity contribution in [3.05, 3.63) is 48.5 Å². The van der Waals surface area contributed by atoms with Crippen molar-refractivity contribution < 1.29 is 9.53 Å². The summed E-state index contributed by atoms with van der Waals surface area (Å²) in [6, 6.07) is 16.0. The summed E-state index contributed by atoms with van der Waals surface area (Å²) in [5.41, 5.74) is 1.83. The molecule has 0 aromatic heterocycles. The van der Waals surface area contributed by atoms with Crippen LogP contribution in [-0.4, -0.2) is 12.2 Å². The van der Waals surface area contributed by atoms with Crippen LogP contribution in [0.5, 0.6) is 0 Å². The number of carbonyl (C=O) groups is 1. The second kappa shape index (κ2) is 6.28. The molecule has 4 rings (SSSR count). The highest BCUT2D eigenvalue weighted by Crippen LogP contribution is 2.48. The van der Waals surface area contributed by atoms with Gasteiger partial charge in [0.25, 0.3) is 0 Å². The topological polar surface area (TPSA) is 29.5 Å². The van der Waals surface area contributed by atoms with Gasteiger partial charge in [-0.25, -0.2) is 9.69 Å². The first kappa shape index (κ1) is 14.6. The molecule has 0 N–H and O–H groups in total. The highest BCUT2D eigenvalue weighted by atomic mass is 32.2. The molecular weight excluding hydrogens is 306 g/mol. The second-order valence-corrected chi connectivity index (χ2v) is 7.10. The van der Waals surface area contributed by atoms with E-state index in [2.05, 4.69) is 12.1 Å². The molecule has 0 atom stereocenters. The van der Waals surface area contributed by atoms with Gasteiger partial charge >= 0.3 is 6.09 Å². The molecule has 2 aliphatic rings. The van der Waals surface area contributed by atoms with Crippen LogP contribution in [0.15, 0.2) is 58.3 Å². The van der Waals surface area contributed by atoms with Gasteiger partial charge in [0, 0.05) is 9.79 Å². The Kier molecular flexibility index (Phi) is 4.00. The number of anilines is 2. The van der Waals surface area contributed by atoms with Crippen LogP contribution in [0.1, 0.15) is 32.1 Å². The third-order valence-electron chi connectivity index (χ3n) is 4.43. The molecule has 2 aromatic rings. The third-order valence-corrected chi connectivity index (χ3v) is 5.56. The van der Waals surface area contributed by atoms with E-state index in [9.17, 15) is 4.79 Å². The zero-order valence-corrected chi connectivity index (χ0v) is 13.7. The molecule has 1 heterocycles. The minimum atomic E-state index is -0.253. The first-order valence-corrected chi connectivity index (χ1v) is 9.01. The smallest absolute Gasteiger partial charge is 0.419 e. The van der Waals surface area contributed by atoms with E-state index in [1.165, 1.54) is 6.42 Å². The van der Waals surface area contributed by atoms with Gasteiger partial charge in [0.15, 0.2) is 0 Å². The van der Waals surface area contributed by atoms with E-state index in [4.69, 9.17) is 4.74 Å². The Labute approximate surface area is 140 Å². The molecule has 0 unspecified atom stereocenters. The molecular formula is C19H19NO2S. The minimum Gasteiger partial charge on any atom is -0.446 e. The maximum atomic E-state index is 12.9. The van der Waals surface area contributed by atoms with Crippen LogP contribution in [0, 0.1) is 0 Å². The molecule has 1 aliphatic carbocycles. The fourth-order valence-corrected chi connectivity index (χ4v) is 4.34. The van der Waals surface area contributed by atoms with E-state index in [1.807, 2.05) is 36.4 Å². The molecule has 0 spiro atoms. The Bertz CT molecular complexity index is 679. The Morgan fingerprint density at radius 1 is 0.913 bits per heavy atom. The molecule has 1 amide bonds. The van der Waals surface area contributed by atoms with Crippen LogP contribution in [0.3, 0.4) is 0 Å². The average Bonchev–Trinajstić information content (AvgIpc) is 2.60. The van der Waals surface area contributed by atoms with Crippen LogP contribution < -0.4 is 4.90 Å². The lowest BCUT2D eigenvalue weighted by molar-refractivity contribution is 0.0826. The summed E-state index contributed by atoms with van der Waals surface area (Å²) in [6.07, 6.45) is 5.33. The number of hydrogen-bond acceptors (Lipinski definition) is 3. The molecule has 1 aliphatic heterocycles. The average molecular weight is 325 g/mol. The van der Waals surface area contributed by atoms with Gasteiger partial charge in [0.2, 0.25) is 0 Å². The maximum absolute atomic E-state index is 12.9. The van der Waals surface area contributed by atoms with Crippen LogP contribution in [0.4, 0.5) is 16.2 Å². The molecule has 3 nitrogen and oxygen atoms in total. The number of benzene rings is 2. The highest BCUT2D eigenvalue weighted by molar-refractivity contribution is 7.99. The molecule has 1 fully saturated rings. The molecule has 0 radical (unpaired) electrons. The summed E-state index contributed by atoms with van der Waals surface area (Å²) in [4.78, 5) is 16.8. The zero-order chi connectivity index (χ0) is 15.6. The van der Waals surface area contributed by atoms with Gasteiger partial charge < -0.3 is 4.74 Å². The number of hydrogen-bond donors (Lipinski definition) is 0. The van der Waals surface area contributed by atoms with Crippen molar-refractivity contribution in [1.82, 2.24) is 0 Å². The first-order chi connectivity index (χ1) is 11.3. The third kappa shape index (κ3) is 2.83. The number of nitrogens with zero attached hydrogens (tertiary/aromatic N) is 1. The van der Waals surface area contributed by atoms with Gasteiger partial charge in [-0.2, -0.15) is 0 Å². The van der Waals surface area contributed by atoms with E-state index in [1.54, 1.807) is 16.7 Å². The van der Waals surface area contributed by atoms with Gasteiger partial charge in [-0.15, -0.1) is 0 Å². The van der Waals surface area contributed by atoms with Gasteiger partial charge in [-0.1, -0.05) is 42.4 Å². The normalized spacial score (nSPS) is 17.3. The number of rotatable bonds is 1. The number of para-hydroxylation sites is 2. The Morgan fingerprint density at radius 2 is 1.48 bits per heavy atom. The summed E-state index contributed by atoms with van der Waals surface area (Å²) < 4.78 is 5.82. The fourth-order valence-electron chi connectivity index (χ4n) is 3.28. The monoisotopic (exact) mass is 325 g/mol. The molecule has 1 saturated carbocycles. The lowest BCUT2D eigenvalue weighted by atomic mass is 9.98. The van der Waals surface area contributed by atoms with Crippen molar-refractivity contribution in [3.8, 4) is 0 Å². The predicted molar refractivity (Wildman–Crippen MR) is 92.5 cm³/mol. The minimum absolute atomic E-state index is 0.0603. The van der Waals surface area contributed by atoms with Crippen molar-refractivity contribution in [3.63, 3.8) is 0 Å². The van der Waals surface area contributed by atoms with Gasteiger partial charge in [-0.3, -0.25) is 0 Å². The van der Waals surface area contributed by atoms with Gasteiger partial charge in [-0.05, 0) is 49.9 Å². The van der Waals surface area contributed by atoms with Crippen molar-refractivity contribution in [2.24, 2.45) is 0 Å². The van der Waals surface area contributed by atoms with Crippen molar-refractivity contribution in [2.45, 2.75) is 48.0 Å². The number of ether oxygens (including phenoxy) is 1. The number of fused-ring (bicyclic) bond motifs is 2. The summed E-state index contributed by atoms with van der Waals surface area (Å²) in [5.74, 6) is 0. The Balaban J connectivity index is 1.67. The fraction of sp³-hybridized carbons (Fsp3) is 0.316. The molecule has 2 aromatic carbocycles. The maximum Gasteiger partial charge on any atom is 0.419 e. The van der Waals surface area contributed by atoms with E-state index < -0.39 is 0 Å². The zero-order valence-electron chi connectivity index (χ0n) is 12.9. The van der Waals surface area contributed by atoms with Gasteiger partial charge in [0.05, 0.1) is 11.4 Å². The summed E-state index contributed by atoms with van der Waals surface area (Å²) in [7, 11) is 0. The largest absolute Gasteiger partial charge is 0.446 e. The molecule has 0 saturated heterocycles. The van der Waals surface area contributed by atoms with E-state index in [0.717, 1.165) is 46.8 Å². The molecule has 4 heteroatoms. The van der Waals surface area contributed by atoms with Gasteiger partial charge in [0.1, 0.15) is 6.10 Å². The van der Waals surface area contributed by atoms with Crippen LogP contribution >= 0.6 is 11.8 Å². The lowest BCUT2D eigenvalue weighted by Gasteiger charge is -2.32. The highest BCUT2D eigenvalue weighted by Gasteiger charge is 2.30. The molecule has 0 bridgehead atoms. The van der Waals surface area contributed by atoms with Crippen LogP contribution in [-0.2, 0) is 4.74 Å². The van der Waals surface area contributed by atoms with Crippen molar-refractivity contribution in [2.75, 3.05) is 4.90 Å². The number of carbonyl (C=O) groups excluding carboxylic acids is 1. The van der Waals surface area contributed by atoms with Crippen molar-refractivity contribution >= 4 is 29.2 Å². The number of amides is 1. The van der Waals surface area contributed by atoms with Crippen molar-refractivity contribution in [1.29, 1.82) is 0 Å². The quantitative estimate of drug-likeness (QED) is 0.667. The Morgan fingerprint density at radius 3 is 2.09 bits per heavy atom. The van der Waals surface area contributed by atoms with E-state index >= 15 is 0 Å². The first-order valence-electron chi connectivity index (χ1n) is 8.19. The Hall–Kier alpha value is -1.94. The van der Waals surface area contributed by atoms with Crippen LogP contribution in [0.25, 0.3) is 0 Å². The lowest BCUT2D eigenvalue weighted by Crippen LogP contribution is -2.33. The summed E-state index contributed by atoms with van der Waals surface area (Å²) in [5, 5.41) is 0. The molecule has 23 heavy (non-hydrogen) atoms.